The van der Waals surface area contributed by atoms with Crippen molar-refractivity contribution in [2.45, 2.75) is 38.8 Å². The zero-order chi connectivity index (χ0) is 13.8. The van der Waals surface area contributed by atoms with Crippen LogP contribution in [-0.2, 0) is 4.79 Å². The number of amides is 1. The van der Waals surface area contributed by atoms with Crippen LogP contribution < -0.4 is 16.0 Å². The van der Waals surface area contributed by atoms with Gasteiger partial charge in [-0.15, -0.1) is 12.4 Å². The summed E-state index contributed by atoms with van der Waals surface area (Å²) in [6.07, 6.45) is 2.53. The number of hydrogen-bond acceptors (Lipinski definition) is 3. The molecule has 2 unspecified atom stereocenters. The van der Waals surface area contributed by atoms with Gasteiger partial charge in [-0.2, -0.15) is 0 Å². The Morgan fingerprint density at radius 2 is 1.95 bits per heavy atom. The van der Waals surface area contributed by atoms with Gasteiger partial charge in [0.2, 0.25) is 5.91 Å². The van der Waals surface area contributed by atoms with Crippen molar-refractivity contribution in [2.75, 3.05) is 18.0 Å². The third-order valence-electron chi connectivity index (χ3n) is 3.61. The first-order valence-electron chi connectivity index (χ1n) is 6.99. The second-order valence-electron chi connectivity index (χ2n) is 5.31. The fourth-order valence-electron chi connectivity index (χ4n) is 2.39. The quantitative estimate of drug-likeness (QED) is 0.896. The third-order valence-corrected chi connectivity index (χ3v) is 3.61. The number of nitrogens with one attached hydrogen (secondary N) is 1. The van der Waals surface area contributed by atoms with Gasteiger partial charge >= 0.3 is 0 Å². The first-order chi connectivity index (χ1) is 9.08. The molecule has 1 heterocycles. The smallest absolute Gasteiger partial charge is 0.237 e. The summed E-state index contributed by atoms with van der Waals surface area (Å²) in [5.41, 5.74) is 7.94. The lowest BCUT2D eigenvalue weighted by Gasteiger charge is -2.21. The number of anilines is 1. The third kappa shape index (κ3) is 4.12. The minimum atomic E-state index is -0.468. The molecule has 2 atom stereocenters. The van der Waals surface area contributed by atoms with Crippen LogP contribution in [0.5, 0.6) is 0 Å². The van der Waals surface area contributed by atoms with E-state index >= 15 is 0 Å². The SMILES string of the molecule is CC(N)C(=O)NC(C)c1cccc(N2CCCC2)c1.Cl. The molecule has 5 heteroatoms. The van der Waals surface area contributed by atoms with Crippen LogP contribution in [-0.4, -0.2) is 25.0 Å². The Morgan fingerprint density at radius 3 is 2.55 bits per heavy atom. The second kappa shape index (κ2) is 7.50. The van der Waals surface area contributed by atoms with Crippen molar-refractivity contribution in [2.24, 2.45) is 5.73 Å². The second-order valence-corrected chi connectivity index (χ2v) is 5.31. The number of benzene rings is 1. The molecule has 0 aromatic heterocycles. The molecule has 1 amide bonds. The Bertz CT molecular complexity index is 444. The lowest BCUT2D eigenvalue weighted by molar-refractivity contribution is -0.122. The topological polar surface area (TPSA) is 58.4 Å². The number of carbonyl (C=O) groups excluding carboxylic acids is 1. The van der Waals surface area contributed by atoms with Crippen molar-refractivity contribution in [3.05, 3.63) is 29.8 Å². The molecule has 1 aliphatic heterocycles. The van der Waals surface area contributed by atoms with Gasteiger partial charge in [-0.25, -0.2) is 0 Å². The van der Waals surface area contributed by atoms with Crippen LogP contribution >= 0.6 is 12.4 Å². The highest BCUT2D eigenvalue weighted by Crippen LogP contribution is 2.23. The van der Waals surface area contributed by atoms with Gasteiger partial charge in [-0.05, 0) is 44.4 Å². The Morgan fingerprint density at radius 1 is 1.30 bits per heavy atom. The summed E-state index contributed by atoms with van der Waals surface area (Å²) in [6, 6.07) is 7.92. The van der Waals surface area contributed by atoms with E-state index in [0.717, 1.165) is 18.7 Å². The zero-order valence-corrected chi connectivity index (χ0v) is 13.0. The fraction of sp³-hybridized carbons (Fsp3) is 0.533. The lowest BCUT2D eigenvalue weighted by atomic mass is 10.1. The Labute approximate surface area is 127 Å². The zero-order valence-electron chi connectivity index (χ0n) is 12.1. The van der Waals surface area contributed by atoms with E-state index in [9.17, 15) is 4.79 Å². The van der Waals surface area contributed by atoms with Crippen LogP contribution in [0.25, 0.3) is 0 Å². The average Bonchev–Trinajstić information content (AvgIpc) is 2.92. The van der Waals surface area contributed by atoms with Gasteiger partial charge in [0.05, 0.1) is 12.1 Å². The van der Waals surface area contributed by atoms with Gasteiger partial charge in [-0.1, -0.05) is 12.1 Å². The maximum absolute atomic E-state index is 11.6. The predicted molar refractivity (Wildman–Crippen MR) is 85.3 cm³/mol. The largest absolute Gasteiger partial charge is 0.372 e. The van der Waals surface area contributed by atoms with Crippen LogP contribution in [0.4, 0.5) is 5.69 Å². The van der Waals surface area contributed by atoms with E-state index in [1.807, 2.05) is 13.0 Å². The van der Waals surface area contributed by atoms with Gasteiger partial charge in [0.1, 0.15) is 0 Å². The number of nitrogens with two attached hydrogens (primary N) is 1. The minimum absolute atomic E-state index is 0. The molecule has 0 spiro atoms. The first kappa shape index (κ1) is 16.8. The molecule has 4 nitrogen and oxygen atoms in total. The van der Waals surface area contributed by atoms with E-state index in [1.54, 1.807) is 6.92 Å². The molecule has 0 bridgehead atoms. The number of rotatable bonds is 4. The van der Waals surface area contributed by atoms with E-state index in [0.29, 0.717) is 0 Å². The maximum Gasteiger partial charge on any atom is 0.237 e. The van der Waals surface area contributed by atoms with Gasteiger partial charge in [0, 0.05) is 18.8 Å². The van der Waals surface area contributed by atoms with Gasteiger partial charge < -0.3 is 16.0 Å². The summed E-state index contributed by atoms with van der Waals surface area (Å²) in [7, 11) is 0. The van der Waals surface area contributed by atoms with Crippen molar-refractivity contribution >= 4 is 24.0 Å². The van der Waals surface area contributed by atoms with Crippen LogP contribution in [0.1, 0.15) is 38.3 Å². The van der Waals surface area contributed by atoms with Crippen molar-refractivity contribution in [1.82, 2.24) is 5.32 Å². The molecule has 1 aliphatic rings. The molecule has 1 aromatic rings. The standard InChI is InChI=1S/C15H23N3O.ClH/c1-11(16)15(19)17-12(2)13-6-5-7-14(10-13)18-8-3-4-9-18;/h5-7,10-12H,3-4,8-9,16H2,1-2H3,(H,17,19);1H. The van der Waals surface area contributed by atoms with Crippen LogP contribution in [0.2, 0.25) is 0 Å². The number of nitrogens with zero attached hydrogens (tertiary/aromatic N) is 1. The highest BCUT2D eigenvalue weighted by atomic mass is 35.5. The first-order valence-corrected chi connectivity index (χ1v) is 6.99. The van der Waals surface area contributed by atoms with Gasteiger partial charge in [0.15, 0.2) is 0 Å². The van der Waals surface area contributed by atoms with Crippen molar-refractivity contribution < 1.29 is 4.79 Å². The fourth-order valence-corrected chi connectivity index (χ4v) is 2.39. The highest BCUT2D eigenvalue weighted by Gasteiger charge is 2.15. The Balaban J connectivity index is 0.00000200. The van der Waals surface area contributed by atoms with Crippen LogP contribution in [0.15, 0.2) is 24.3 Å². The molecule has 0 radical (unpaired) electrons. The average molecular weight is 298 g/mol. The molecule has 20 heavy (non-hydrogen) atoms. The molecule has 0 saturated carbocycles. The number of halogens is 1. The molecule has 1 fully saturated rings. The predicted octanol–water partition coefficient (Wildman–Crippen LogP) is 2.23. The van der Waals surface area contributed by atoms with E-state index in [1.165, 1.54) is 18.5 Å². The molecular weight excluding hydrogens is 274 g/mol. The normalized spacial score (nSPS) is 17.2. The van der Waals surface area contributed by atoms with Crippen molar-refractivity contribution in [3.63, 3.8) is 0 Å². The summed E-state index contributed by atoms with van der Waals surface area (Å²) in [4.78, 5) is 14.0. The van der Waals surface area contributed by atoms with E-state index in [2.05, 4.69) is 28.4 Å². The molecule has 1 aromatic carbocycles. The summed E-state index contributed by atoms with van der Waals surface area (Å²) in [5.74, 6) is -0.112. The molecule has 3 N–H and O–H groups in total. The van der Waals surface area contributed by atoms with Gasteiger partial charge in [0.25, 0.3) is 0 Å². The summed E-state index contributed by atoms with van der Waals surface area (Å²) in [5, 5.41) is 2.93. The van der Waals surface area contributed by atoms with Crippen LogP contribution in [0.3, 0.4) is 0 Å². The summed E-state index contributed by atoms with van der Waals surface area (Å²) < 4.78 is 0. The molecule has 112 valence electrons. The molecular formula is C15H24ClN3O. The van der Waals surface area contributed by atoms with Gasteiger partial charge in [-0.3, -0.25) is 4.79 Å². The summed E-state index contributed by atoms with van der Waals surface area (Å²) >= 11 is 0. The molecule has 1 saturated heterocycles. The summed E-state index contributed by atoms with van der Waals surface area (Å²) in [6.45, 7) is 5.94. The Hall–Kier alpha value is -1.26. The molecule has 0 aliphatic carbocycles. The van der Waals surface area contributed by atoms with E-state index in [-0.39, 0.29) is 24.4 Å². The Kier molecular flexibility index (Phi) is 6.30. The monoisotopic (exact) mass is 297 g/mol. The number of hydrogen-bond donors (Lipinski definition) is 2. The lowest BCUT2D eigenvalue weighted by Crippen LogP contribution is -2.39. The highest BCUT2D eigenvalue weighted by molar-refractivity contribution is 5.85. The van der Waals surface area contributed by atoms with E-state index in [4.69, 9.17) is 5.73 Å². The van der Waals surface area contributed by atoms with Crippen molar-refractivity contribution in [1.29, 1.82) is 0 Å². The van der Waals surface area contributed by atoms with Crippen molar-refractivity contribution in [3.8, 4) is 0 Å². The van der Waals surface area contributed by atoms with E-state index < -0.39 is 6.04 Å². The maximum atomic E-state index is 11.6. The van der Waals surface area contributed by atoms with Crippen LogP contribution in [0, 0.1) is 0 Å². The molecule has 2 rings (SSSR count). The minimum Gasteiger partial charge on any atom is -0.372 e. The number of carbonyl (C=O) groups is 1.